The molecule has 3 aliphatic heterocycles. The number of aliphatic hydroxyl groups is 2. The van der Waals surface area contributed by atoms with Crippen molar-refractivity contribution in [3.8, 4) is 11.5 Å². The molecule has 1 saturated heterocycles. The Morgan fingerprint density at radius 1 is 1.14 bits per heavy atom. The van der Waals surface area contributed by atoms with Gasteiger partial charge >= 0.3 is 0 Å². The quantitative estimate of drug-likeness (QED) is 0.598. The Kier molecular flexibility index (Phi) is 2.41. The minimum atomic E-state index is -0.668. The first-order valence-electron chi connectivity index (χ1n) is 7.85. The Morgan fingerprint density at radius 2 is 1.95 bits per heavy atom. The van der Waals surface area contributed by atoms with Crippen molar-refractivity contribution in [2.24, 2.45) is 5.92 Å². The van der Waals surface area contributed by atoms with Gasteiger partial charge in [-0.05, 0) is 24.1 Å². The van der Waals surface area contributed by atoms with Crippen LogP contribution in [-0.4, -0.2) is 41.8 Å². The van der Waals surface area contributed by atoms with Crippen LogP contribution in [-0.2, 0) is 6.54 Å². The first kappa shape index (κ1) is 12.3. The molecular weight excluding hydrogens is 270 g/mol. The minimum absolute atomic E-state index is 0.0227. The number of fused-ring (bicyclic) bond motifs is 3. The summed E-state index contributed by atoms with van der Waals surface area (Å²) in [5.41, 5.74) is 2.40. The summed E-state index contributed by atoms with van der Waals surface area (Å²) in [5, 5.41) is 20.8. The first-order chi connectivity index (χ1) is 10.2. The van der Waals surface area contributed by atoms with Crippen LogP contribution in [0.25, 0.3) is 0 Å². The fourth-order valence-corrected chi connectivity index (χ4v) is 5.05. The molecule has 0 amide bonds. The molecule has 2 fully saturated rings. The zero-order chi connectivity index (χ0) is 14.1. The summed E-state index contributed by atoms with van der Waals surface area (Å²) in [6.07, 6.45) is 0.623. The van der Waals surface area contributed by atoms with Crippen molar-refractivity contribution in [1.29, 1.82) is 0 Å². The fourth-order valence-electron chi connectivity index (χ4n) is 5.05. The van der Waals surface area contributed by atoms with E-state index in [4.69, 9.17) is 9.47 Å². The van der Waals surface area contributed by atoms with E-state index in [2.05, 4.69) is 6.07 Å². The van der Waals surface area contributed by atoms with E-state index in [-0.39, 0.29) is 12.7 Å². The number of rotatable bonds is 0. The zero-order valence-electron chi connectivity index (χ0n) is 11.8. The highest BCUT2D eigenvalue weighted by molar-refractivity contribution is 5.51. The lowest BCUT2D eigenvalue weighted by Gasteiger charge is -2.45. The van der Waals surface area contributed by atoms with Gasteiger partial charge in [0.1, 0.15) is 12.6 Å². The molecule has 1 aromatic carbocycles. The van der Waals surface area contributed by atoms with Crippen LogP contribution in [0.3, 0.4) is 0 Å². The van der Waals surface area contributed by atoms with Gasteiger partial charge in [0, 0.05) is 17.9 Å². The molecule has 1 aliphatic carbocycles. The second kappa shape index (κ2) is 4.12. The maximum atomic E-state index is 10.6. The van der Waals surface area contributed by atoms with E-state index in [1.54, 1.807) is 4.90 Å². The minimum Gasteiger partial charge on any atom is -0.454 e. The Bertz CT molecular complexity index is 604. The molecular formula is C16H20NO4+. The second-order valence-electron chi connectivity index (χ2n) is 6.88. The molecule has 0 spiro atoms. The van der Waals surface area contributed by atoms with Gasteiger partial charge in [0.25, 0.3) is 0 Å². The van der Waals surface area contributed by atoms with Crippen LogP contribution in [0, 0.1) is 5.92 Å². The molecule has 5 rings (SSSR count). The van der Waals surface area contributed by atoms with Gasteiger partial charge in [0.15, 0.2) is 11.5 Å². The molecule has 6 atom stereocenters. The molecule has 4 aliphatic rings. The Labute approximate surface area is 123 Å². The summed E-state index contributed by atoms with van der Waals surface area (Å²) < 4.78 is 11.0. The number of ether oxygens (including phenoxy) is 2. The van der Waals surface area contributed by atoms with Crippen molar-refractivity contribution in [3.63, 3.8) is 0 Å². The molecule has 3 heterocycles. The maximum Gasteiger partial charge on any atom is 0.231 e. The first-order valence-corrected chi connectivity index (χ1v) is 7.85. The lowest BCUT2D eigenvalue weighted by molar-refractivity contribution is -0.933. The van der Waals surface area contributed by atoms with Gasteiger partial charge in [0.2, 0.25) is 6.79 Å². The highest BCUT2D eigenvalue weighted by Crippen LogP contribution is 2.45. The molecule has 112 valence electrons. The summed E-state index contributed by atoms with van der Waals surface area (Å²) in [6.45, 7) is 2.41. The lowest BCUT2D eigenvalue weighted by atomic mass is 9.68. The molecule has 1 saturated carbocycles. The third-order valence-electron chi connectivity index (χ3n) is 5.92. The molecule has 5 nitrogen and oxygen atoms in total. The van der Waals surface area contributed by atoms with E-state index in [0.717, 1.165) is 43.0 Å². The van der Waals surface area contributed by atoms with Crippen LogP contribution >= 0.6 is 0 Å². The largest absolute Gasteiger partial charge is 0.454 e. The van der Waals surface area contributed by atoms with E-state index < -0.39 is 12.2 Å². The van der Waals surface area contributed by atoms with Crippen LogP contribution in [0.1, 0.15) is 29.9 Å². The van der Waals surface area contributed by atoms with Crippen molar-refractivity contribution in [2.75, 3.05) is 13.3 Å². The average Bonchev–Trinajstić information content (AvgIpc) is 3.08. The highest BCUT2D eigenvalue weighted by atomic mass is 16.7. The van der Waals surface area contributed by atoms with Gasteiger partial charge in [-0.2, -0.15) is 0 Å². The number of quaternary nitrogens is 1. The number of hydrogen-bond donors (Lipinski definition) is 3. The van der Waals surface area contributed by atoms with Crippen LogP contribution in [0.5, 0.6) is 11.5 Å². The van der Waals surface area contributed by atoms with Gasteiger partial charge in [-0.25, -0.2) is 0 Å². The summed E-state index contributed by atoms with van der Waals surface area (Å²) in [7, 11) is 0. The molecule has 1 unspecified atom stereocenters. The van der Waals surface area contributed by atoms with Crippen LogP contribution in [0.2, 0.25) is 0 Å². The molecule has 3 N–H and O–H groups in total. The fraction of sp³-hybridized carbons (Fsp3) is 0.625. The average molecular weight is 290 g/mol. The third kappa shape index (κ3) is 1.57. The predicted octanol–water partition coefficient (Wildman–Crippen LogP) is -0.589. The van der Waals surface area contributed by atoms with E-state index in [1.807, 2.05) is 6.07 Å². The number of benzene rings is 1. The highest BCUT2D eigenvalue weighted by Gasteiger charge is 2.55. The number of hydrogen-bond acceptors (Lipinski definition) is 4. The smallest absolute Gasteiger partial charge is 0.231 e. The van der Waals surface area contributed by atoms with Crippen LogP contribution in [0.4, 0.5) is 0 Å². The topological polar surface area (TPSA) is 63.4 Å². The molecule has 1 aromatic rings. The van der Waals surface area contributed by atoms with Gasteiger partial charge < -0.3 is 24.6 Å². The van der Waals surface area contributed by atoms with Crippen molar-refractivity contribution >= 4 is 0 Å². The summed E-state index contributed by atoms with van der Waals surface area (Å²) in [6, 6.07) is 4.55. The van der Waals surface area contributed by atoms with Gasteiger partial charge in [-0.15, -0.1) is 0 Å². The van der Waals surface area contributed by atoms with E-state index in [1.165, 1.54) is 5.56 Å². The zero-order valence-corrected chi connectivity index (χ0v) is 11.8. The Balaban J connectivity index is 1.66. The number of aliphatic hydroxyl groups excluding tert-OH is 2. The van der Waals surface area contributed by atoms with Gasteiger partial charge in [-0.1, -0.05) is 0 Å². The van der Waals surface area contributed by atoms with Crippen molar-refractivity contribution in [1.82, 2.24) is 0 Å². The maximum absolute atomic E-state index is 10.6. The summed E-state index contributed by atoms with van der Waals surface area (Å²) in [5.74, 6) is 2.14. The molecule has 0 bridgehead atoms. The van der Waals surface area contributed by atoms with Gasteiger partial charge in [0.05, 0.1) is 24.7 Å². The lowest BCUT2D eigenvalue weighted by Crippen LogP contribution is -3.14. The Hall–Kier alpha value is -1.30. The SMILES string of the molecule is O[C@H]1[C@H]2c3cc4c(cc3C[NH+]3CC[C@H](C[C@@H]1O)[C@H]23)OCO4. The normalized spacial score (nSPS) is 42.6. The van der Waals surface area contributed by atoms with Crippen molar-refractivity contribution < 1.29 is 24.6 Å². The van der Waals surface area contributed by atoms with Crippen LogP contribution in [0.15, 0.2) is 12.1 Å². The molecule has 21 heavy (non-hydrogen) atoms. The van der Waals surface area contributed by atoms with Crippen molar-refractivity contribution in [3.05, 3.63) is 23.3 Å². The van der Waals surface area contributed by atoms with E-state index in [9.17, 15) is 10.2 Å². The monoisotopic (exact) mass is 290 g/mol. The van der Waals surface area contributed by atoms with E-state index in [0.29, 0.717) is 12.0 Å². The van der Waals surface area contributed by atoms with E-state index >= 15 is 0 Å². The molecule has 0 radical (unpaired) electrons. The van der Waals surface area contributed by atoms with Crippen LogP contribution < -0.4 is 14.4 Å². The number of nitrogens with one attached hydrogen (secondary N) is 1. The summed E-state index contributed by atoms with van der Waals surface area (Å²) in [4.78, 5) is 1.56. The standard InChI is InChI=1S/C16H19NO4/c18-11-3-8-1-2-17-6-9-4-12-13(21-7-20-12)5-10(9)14(15(8)17)16(11)19/h4-5,8,11,14-16,18-19H,1-3,6-7H2/p+1/t8-,11+,14+,15-,16-/m1/s1. The molecule has 5 heteroatoms. The Morgan fingerprint density at radius 3 is 2.81 bits per heavy atom. The third-order valence-corrected chi connectivity index (χ3v) is 5.92. The molecule has 0 aromatic heterocycles. The summed E-state index contributed by atoms with van der Waals surface area (Å²) >= 11 is 0. The predicted molar refractivity (Wildman–Crippen MR) is 73.4 cm³/mol. The van der Waals surface area contributed by atoms with Crippen molar-refractivity contribution in [2.45, 2.75) is 43.6 Å². The second-order valence-corrected chi connectivity index (χ2v) is 6.88. The van der Waals surface area contributed by atoms with Gasteiger partial charge in [-0.3, -0.25) is 0 Å².